The highest BCUT2D eigenvalue weighted by Crippen LogP contribution is 1.93. The number of carbonyl (C=O) groups excluding carboxylic acids is 1. The molecule has 3 nitrogen and oxygen atoms in total. The van der Waals surface area contributed by atoms with Gasteiger partial charge >= 0.3 is 0 Å². The van der Waals surface area contributed by atoms with Crippen molar-refractivity contribution in [2.75, 3.05) is 0 Å². The highest BCUT2D eigenvalue weighted by atomic mass is 16.3. The van der Waals surface area contributed by atoms with Gasteiger partial charge in [0.2, 0.25) is 0 Å². The Balaban J connectivity index is 3.95. The first-order valence-corrected chi connectivity index (χ1v) is 2.95. The molecule has 0 saturated heterocycles. The summed E-state index contributed by atoms with van der Waals surface area (Å²) in [5, 5.41) is 17.4. The SMILES string of the molecule is [CH2]C(O)C(O)C(=O)C=CC. The summed E-state index contributed by atoms with van der Waals surface area (Å²) < 4.78 is 0. The van der Waals surface area contributed by atoms with E-state index in [2.05, 4.69) is 6.92 Å². The van der Waals surface area contributed by atoms with Crippen LogP contribution in [0.1, 0.15) is 6.92 Å². The molecular weight excluding hydrogens is 132 g/mol. The Hall–Kier alpha value is -0.670. The van der Waals surface area contributed by atoms with E-state index < -0.39 is 18.0 Å². The summed E-state index contributed by atoms with van der Waals surface area (Å²) in [6.07, 6.45) is 0.0485. The van der Waals surface area contributed by atoms with Crippen molar-refractivity contribution in [2.45, 2.75) is 19.1 Å². The van der Waals surface area contributed by atoms with Crippen LogP contribution < -0.4 is 0 Å². The fourth-order valence-corrected chi connectivity index (χ4v) is 0.452. The maximum atomic E-state index is 10.6. The fraction of sp³-hybridized carbons (Fsp3) is 0.429. The summed E-state index contributed by atoms with van der Waals surface area (Å²) in [7, 11) is 0. The Kier molecular flexibility index (Phi) is 3.91. The maximum absolute atomic E-state index is 10.6. The monoisotopic (exact) mass is 143 g/mol. The lowest BCUT2D eigenvalue weighted by Crippen LogP contribution is -2.30. The van der Waals surface area contributed by atoms with E-state index in [1.165, 1.54) is 12.2 Å². The molecule has 0 heterocycles. The van der Waals surface area contributed by atoms with Crippen LogP contribution in [-0.4, -0.2) is 28.2 Å². The molecule has 2 N–H and O–H groups in total. The van der Waals surface area contributed by atoms with Gasteiger partial charge in [0.05, 0.1) is 6.10 Å². The van der Waals surface area contributed by atoms with Gasteiger partial charge in [-0.3, -0.25) is 4.79 Å². The van der Waals surface area contributed by atoms with Gasteiger partial charge < -0.3 is 10.2 Å². The smallest absolute Gasteiger partial charge is 0.186 e. The van der Waals surface area contributed by atoms with Crippen molar-refractivity contribution < 1.29 is 15.0 Å². The number of ketones is 1. The fourth-order valence-electron chi connectivity index (χ4n) is 0.452. The maximum Gasteiger partial charge on any atom is 0.186 e. The van der Waals surface area contributed by atoms with Crippen LogP contribution in [0, 0.1) is 6.92 Å². The van der Waals surface area contributed by atoms with E-state index in [0.717, 1.165) is 0 Å². The minimum Gasteiger partial charge on any atom is -0.390 e. The molecule has 2 atom stereocenters. The van der Waals surface area contributed by atoms with Crippen LogP contribution in [0.25, 0.3) is 0 Å². The number of aliphatic hydroxyl groups is 2. The van der Waals surface area contributed by atoms with Crippen molar-refractivity contribution >= 4 is 5.78 Å². The lowest BCUT2D eigenvalue weighted by Gasteiger charge is -2.08. The summed E-state index contributed by atoms with van der Waals surface area (Å²) in [6, 6.07) is 0. The average Bonchev–Trinajstić information content (AvgIpc) is 1.87. The van der Waals surface area contributed by atoms with E-state index in [0.29, 0.717) is 0 Å². The zero-order chi connectivity index (χ0) is 8.15. The molecule has 0 rings (SSSR count). The first-order valence-electron chi connectivity index (χ1n) is 2.95. The van der Waals surface area contributed by atoms with Gasteiger partial charge in [0.15, 0.2) is 5.78 Å². The standard InChI is InChI=1S/C7H11O3/c1-3-4-6(9)7(10)5(2)8/h3-5,7-8,10H,2H2,1H3. The average molecular weight is 143 g/mol. The Labute approximate surface area is 60.0 Å². The van der Waals surface area contributed by atoms with Gasteiger partial charge in [-0.05, 0) is 19.9 Å². The molecule has 0 amide bonds. The lowest BCUT2D eigenvalue weighted by molar-refractivity contribution is -0.126. The second kappa shape index (κ2) is 4.19. The number of rotatable bonds is 3. The molecule has 0 aromatic heterocycles. The number of allylic oxidation sites excluding steroid dienone is 1. The quantitative estimate of drug-likeness (QED) is 0.533. The minimum atomic E-state index is -1.39. The third-order valence-corrected chi connectivity index (χ3v) is 0.987. The van der Waals surface area contributed by atoms with Gasteiger partial charge in [-0.15, -0.1) is 0 Å². The van der Waals surface area contributed by atoms with E-state index in [-0.39, 0.29) is 0 Å². The van der Waals surface area contributed by atoms with Crippen LogP contribution in [0.3, 0.4) is 0 Å². The summed E-state index contributed by atoms with van der Waals surface area (Å²) in [6.45, 7) is 4.75. The zero-order valence-corrected chi connectivity index (χ0v) is 5.82. The Morgan fingerprint density at radius 2 is 2.10 bits per heavy atom. The predicted octanol–water partition coefficient (Wildman–Crippen LogP) is -0.313. The zero-order valence-electron chi connectivity index (χ0n) is 5.82. The molecular formula is C7H11O3. The van der Waals surface area contributed by atoms with Gasteiger partial charge in [0.1, 0.15) is 6.10 Å². The van der Waals surface area contributed by atoms with Crippen LogP contribution in [0.15, 0.2) is 12.2 Å². The summed E-state index contributed by atoms with van der Waals surface area (Å²) in [5.41, 5.74) is 0. The molecule has 57 valence electrons. The second-order valence-electron chi connectivity index (χ2n) is 1.91. The molecule has 0 aromatic rings. The van der Waals surface area contributed by atoms with Gasteiger partial charge in [-0.1, -0.05) is 6.08 Å². The molecule has 0 aliphatic heterocycles. The Morgan fingerprint density at radius 3 is 2.40 bits per heavy atom. The van der Waals surface area contributed by atoms with Crippen molar-refractivity contribution in [1.82, 2.24) is 0 Å². The molecule has 0 bridgehead atoms. The third kappa shape index (κ3) is 2.75. The predicted molar refractivity (Wildman–Crippen MR) is 37.2 cm³/mol. The highest BCUT2D eigenvalue weighted by molar-refractivity contribution is 5.93. The van der Waals surface area contributed by atoms with Crippen molar-refractivity contribution in [1.29, 1.82) is 0 Å². The van der Waals surface area contributed by atoms with Crippen LogP contribution in [-0.2, 0) is 4.79 Å². The summed E-state index contributed by atoms with van der Waals surface area (Å²) >= 11 is 0. The highest BCUT2D eigenvalue weighted by Gasteiger charge is 2.16. The van der Waals surface area contributed by atoms with Crippen LogP contribution in [0.2, 0.25) is 0 Å². The minimum absolute atomic E-state index is 0.523. The number of aliphatic hydroxyl groups excluding tert-OH is 2. The van der Waals surface area contributed by atoms with Gasteiger partial charge in [0, 0.05) is 0 Å². The molecule has 0 fully saturated rings. The normalized spacial score (nSPS) is 17.2. The van der Waals surface area contributed by atoms with Crippen LogP contribution in [0.4, 0.5) is 0 Å². The van der Waals surface area contributed by atoms with E-state index in [4.69, 9.17) is 10.2 Å². The van der Waals surface area contributed by atoms with Crippen molar-refractivity contribution in [3.8, 4) is 0 Å². The number of hydrogen-bond donors (Lipinski definition) is 2. The molecule has 3 heteroatoms. The van der Waals surface area contributed by atoms with Gasteiger partial charge in [-0.2, -0.15) is 0 Å². The van der Waals surface area contributed by atoms with Gasteiger partial charge in [0.25, 0.3) is 0 Å². The Bertz CT molecular complexity index is 138. The molecule has 2 unspecified atom stereocenters. The Morgan fingerprint density at radius 1 is 1.60 bits per heavy atom. The number of hydrogen-bond acceptors (Lipinski definition) is 3. The lowest BCUT2D eigenvalue weighted by atomic mass is 10.1. The van der Waals surface area contributed by atoms with Gasteiger partial charge in [-0.25, -0.2) is 0 Å². The van der Waals surface area contributed by atoms with Crippen molar-refractivity contribution in [2.24, 2.45) is 0 Å². The second-order valence-corrected chi connectivity index (χ2v) is 1.91. The first-order chi connectivity index (χ1) is 4.59. The van der Waals surface area contributed by atoms with E-state index >= 15 is 0 Å². The number of carbonyl (C=O) groups is 1. The summed E-state index contributed by atoms with van der Waals surface area (Å²) in [4.78, 5) is 10.6. The molecule has 1 radical (unpaired) electrons. The topological polar surface area (TPSA) is 57.5 Å². The van der Waals surface area contributed by atoms with Crippen molar-refractivity contribution in [3.05, 3.63) is 19.1 Å². The third-order valence-electron chi connectivity index (χ3n) is 0.987. The van der Waals surface area contributed by atoms with Crippen LogP contribution in [0.5, 0.6) is 0 Å². The molecule has 0 saturated carbocycles. The molecule has 10 heavy (non-hydrogen) atoms. The van der Waals surface area contributed by atoms with Crippen LogP contribution >= 0.6 is 0 Å². The molecule has 0 spiro atoms. The summed E-state index contributed by atoms with van der Waals surface area (Å²) in [5.74, 6) is -0.523. The first kappa shape index (κ1) is 9.33. The molecule has 0 aliphatic rings. The van der Waals surface area contributed by atoms with E-state index in [1.807, 2.05) is 0 Å². The van der Waals surface area contributed by atoms with E-state index in [9.17, 15) is 4.79 Å². The largest absolute Gasteiger partial charge is 0.390 e. The van der Waals surface area contributed by atoms with Crippen molar-refractivity contribution in [3.63, 3.8) is 0 Å². The molecule has 0 aliphatic carbocycles. The molecule has 0 aromatic carbocycles. The van der Waals surface area contributed by atoms with E-state index in [1.54, 1.807) is 6.92 Å².